The lowest BCUT2D eigenvalue weighted by Gasteiger charge is -2.09. The first-order chi connectivity index (χ1) is 7.68. The quantitative estimate of drug-likeness (QED) is 0.778. The summed E-state index contributed by atoms with van der Waals surface area (Å²) < 4.78 is 0. The molecule has 2 rings (SSSR count). The van der Waals surface area contributed by atoms with Gasteiger partial charge in [-0.1, -0.05) is 36.0 Å². The molecule has 0 heterocycles. The summed E-state index contributed by atoms with van der Waals surface area (Å²) in [5.41, 5.74) is 14.3. The third-order valence-electron chi connectivity index (χ3n) is 2.41. The molecule has 2 aromatic carbocycles. The summed E-state index contributed by atoms with van der Waals surface area (Å²) >= 11 is 1.65. The van der Waals surface area contributed by atoms with E-state index in [4.69, 9.17) is 11.5 Å². The van der Waals surface area contributed by atoms with Crippen LogP contribution >= 0.6 is 11.8 Å². The zero-order chi connectivity index (χ0) is 11.5. The van der Waals surface area contributed by atoms with E-state index < -0.39 is 0 Å². The Morgan fingerprint density at radius 3 is 2.31 bits per heavy atom. The van der Waals surface area contributed by atoms with Gasteiger partial charge in [-0.25, -0.2) is 0 Å². The van der Waals surface area contributed by atoms with Gasteiger partial charge >= 0.3 is 0 Å². The molecule has 0 saturated heterocycles. The van der Waals surface area contributed by atoms with E-state index in [1.807, 2.05) is 30.3 Å². The molecular weight excluding hydrogens is 216 g/mol. The number of aryl methyl sites for hydroxylation is 1. The monoisotopic (exact) mass is 230 g/mol. The Kier molecular flexibility index (Phi) is 3.06. The van der Waals surface area contributed by atoms with Gasteiger partial charge in [0.2, 0.25) is 0 Å². The average Bonchev–Trinajstić information content (AvgIpc) is 2.28. The fourth-order valence-corrected chi connectivity index (χ4v) is 2.43. The van der Waals surface area contributed by atoms with E-state index in [1.165, 1.54) is 10.5 Å². The van der Waals surface area contributed by atoms with Crippen molar-refractivity contribution in [2.24, 2.45) is 0 Å². The summed E-state index contributed by atoms with van der Waals surface area (Å²) in [7, 11) is 0. The summed E-state index contributed by atoms with van der Waals surface area (Å²) in [6.45, 7) is 2.09. The first-order valence-corrected chi connectivity index (χ1v) is 5.87. The topological polar surface area (TPSA) is 52.0 Å². The number of rotatable bonds is 2. The molecule has 0 aliphatic heterocycles. The fourth-order valence-electron chi connectivity index (χ4n) is 1.44. The Hall–Kier alpha value is -1.61. The summed E-state index contributed by atoms with van der Waals surface area (Å²) in [5, 5.41) is 0. The Balaban J connectivity index is 2.35. The molecule has 2 aromatic rings. The third kappa shape index (κ3) is 2.14. The molecule has 0 unspecified atom stereocenters. The molecule has 0 fully saturated rings. The highest BCUT2D eigenvalue weighted by Crippen LogP contribution is 2.35. The number of hydrogen-bond donors (Lipinski definition) is 2. The highest BCUT2D eigenvalue weighted by Gasteiger charge is 2.05. The van der Waals surface area contributed by atoms with Crippen molar-refractivity contribution in [3.8, 4) is 0 Å². The van der Waals surface area contributed by atoms with Crippen molar-refractivity contribution >= 4 is 23.1 Å². The molecule has 3 heteroatoms. The Labute approximate surface area is 99.7 Å². The second kappa shape index (κ2) is 4.49. The van der Waals surface area contributed by atoms with Crippen LogP contribution in [0.25, 0.3) is 0 Å². The molecule has 4 N–H and O–H groups in total. The summed E-state index contributed by atoms with van der Waals surface area (Å²) in [6.07, 6.45) is 0. The molecule has 82 valence electrons. The smallest absolute Gasteiger partial charge is 0.0689 e. The van der Waals surface area contributed by atoms with Crippen molar-refractivity contribution in [3.05, 3.63) is 48.0 Å². The van der Waals surface area contributed by atoms with Crippen LogP contribution in [0.15, 0.2) is 52.3 Å². The maximum Gasteiger partial charge on any atom is 0.0689 e. The summed E-state index contributed by atoms with van der Waals surface area (Å²) in [5.74, 6) is 0. The molecule has 0 saturated carbocycles. The predicted octanol–water partition coefficient (Wildman–Crippen LogP) is 3.31. The number of nitrogens with two attached hydrogens (primary N) is 2. The molecule has 0 atom stereocenters. The van der Waals surface area contributed by atoms with Gasteiger partial charge in [-0.05, 0) is 30.7 Å². The second-order valence-electron chi connectivity index (χ2n) is 3.63. The molecule has 0 aliphatic carbocycles. The van der Waals surface area contributed by atoms with Gasteiger partial charge in [-0.15, -0.1) is 0 Å². The van der Waals surface area contributed by atoms with Gasteiger partial charge in [0.25, 0.3) is 0 Å². The molecule has 0 bridgehead atoms. The molecule has 0 radical (unpaired) electrons. The standard InChI is InChI=1S/C13H14N2S/c1-9-5-2-3-7-11(9)16-12-8-4-6-10(14)13(12)15/h2-8H,14-15H2,1H3. The van der Waals surface area contributed by atoms with Gasteiger partial charge in [-0.2, -0.15) is 0 Å². The van der Waals surface area contributed by atoms with E-state index in [0.717, 1.165) is 4.90 Å². The van der Waals surface area contributed by atoms with Crippen LogP contribution in [0.5, 0.6) is 0 Å². The predicted molar refractivity (Wildman–Crippen MR) is 70.6 cm³/mol. The van der Waals surface area contributed by atoms with Crippen LogP contribution in [0.2, 0.25) is 0 Å². The minimum atomic E-state index is 0.638. The Morgan fingerprint density at radius 1 is 0.875 bits per heavy atom. The maximum atomic E-state index is 5.93. The average molecular weight is 230 g/mol. The first kappa shape index (κ1) is 10.9. The normalized spacial score (nSPS) is 10.3. The lowest BCUT2D eigenvalue weighted by molar-refractivity contribution is 1.29. The van der Waals surface area contributed by atoms with Gasteiger partial charge in [0.1, 0.15) is 0 Å². The van der Waals surface area contributed by atoms with Crippen LogP contribution in [0.1, 0.15) is 5.56 Å². The zero-order valence-electron chi connectivity index (χ0n) is 9.10. The highest BCUT2D eigenvalue weighted by atomic mass is 32.2. The molecule has 16 heavy (non-hydrogen) atoms. The van der Waals surface area contributed by atoms with Crippen molar-refractivity contribution in [1.29, 1.82) is 0 Å². The third-order valence-corrected chi connectivity index (χ3v) is 3.67. The van der Waals surface area contributed by atoms with Crippen molar-refractivity contribution < 1.29 is 0 Å². The van der Waals surface area contributed by atoms with E-state index in [0.29, 0.717) is 11.4 Å². The van der Waals surface area contributed by atoms with Crippen LogP contribution in [0.4, 0.5) is 11.4 Å². The largest absolute Gasteiger partial charge is 0.397 e. The number of nitrogen functional groups attached to an aromatic ring is 2. The van der Waals surface area contributed by atoms with Gasteiger partial charge < -0.3 is 11.5 Å². The van der Waals surface area contributed by atoms with Crippen LogP contribution in [0.3, 0.4) is 0 Å². The lowest BCUT2D eigenvalue weighted by atomic mass is 10.2. The first-order valence-electron chi connectivity index (χ1n) is 5.06. The van der Waals surface area contributed by atoms with E-state index in [9.17, 15) is 0 Å². The molecule has 0 spiro atoms. The molecular formula is C13H14N2S. The summed E-state index contributed by atoms with van der Waals surface area (Å²) in [6, 6.07) is 14.0. The lowest BCUT2D eigenvalue weighted by Crippen LogP contribution is -1.95. The van der Waals surface area contributed by atoms with E-state index in [2.05, 4.69) is 19.1 Å². The highest BCUT2D eigenvalue weighted by molar-refractivity contribution is 7.99. The number of para-hydroxylation sites is 1. The van der Waals surface area contributed by atoms with Crippen molar-refractivity contribution in [2.45, 2.75) is 16.7 Å². The van der Waals surface area contributed by atoms with Gasteiger partial charge in [-0.3, -0.25) is 0 Å². The van der Waals surface area contributed by atoms with Gasteiger partial charge in [0.15, 0.2) is 0 Å². The minimum absolute atomic E-state index is 0.638. The van der Waals surface area contributed by atoms with Gasteiger partial charge in [0.05, 0.1) is 11.4 Å². The molecule has 2 nitrogen and oxygen atoms in total. The van der Waals surface area contributed by atoms with Crippen molar-refractivity contribution in [1.82, 2.24) is 0 Å². The van der Waals surface area contributed by atoms with Crippen LogP contribution in [0, 0.1) is 6.92 Å². The zero-order valence-corrected chi connectivity index (χ0v) is 9.92. The van der Waals surface area contributed by atoms with Crippen molar-refractivity contribution in [2.75, 3.05) is 11.5 Å². The maximum absolute atomic E-state index is 5.93. The Bertz CT molecular complexity index is 509. The Morgan fingerprint density at radius 2 is 1.56 bits per heavy atom. The number of hydrogen-bond acceptors (Lipinski definition) is 3. The molecule has 0 aromatic heterocycles. The second-order valence-corrected chi connectivity index (χ2v) is 4.71. The fraction of sp³-hybridized carbons (Fsp3) is 0.0769. The van der Waals surface area contributed by atoms with Gasteiger partial charge in [0, 0.05) is 9.79 Å². The van der Waals surface area contributed by atoms with E-state index in [-0.39, 0.29) is 0 Å². The molecule has 0 amide bonds. The number of benzene rings is 2. The van der Waals surface area contributed by atoms with E-state index >= 15 is 0 Å². The minimum Gasteiger partial charge on any atom is -0.397 e. The van der Waals surface area contributed by atoms with E-state index in [1.54, 1.807) is 11.8 Å². The number of anilines is 2. The van der Waals surface area contributed by atoms with Crippen LogP contribution in [-0.2, 0) is 0 Å². The van der Waals surface area contributed by atoms with Crippen LogP contribution < -0.4 is 11.5 Å². The molecule has 0 aliphatic rings. The summed E-state index contributed by atoms with van der Waals surface area (Å²) in [4.78, 5) is 2.22. The van der Waals surface area contributed by atoms with Crippen molar-refractivity contribution in [3.63, 3.8) is 0 Å². The van der Waals surface area contributed by atoms with Crippen LogP contribution in [-0.4, -0.2) is 0 Å². The SMILES string of the molecule is Cc1ccccc1Sc1cccc(N)c1N.